The van der Waals surface area contributed by atoms with Gasteiger partial charge in [0.2, 0.25) is 0 Å². The first kappa shape index (κ1) is 61.2. The maximum Gasteiger partial charge on any atom is 0.305 e. The number of hydrogen-bond acceptors (Lipinski definition) is 15. The summed E-state index contributed by atoms with van der Waals surface area (Å²) in [5, 5.41) is 0. The minimum atomic E-state index is -1.30. The monoisotopic (exact) mass is 928 g/mol. The molecule has 0 amide bonds. The van der Waals surface area contributed by atoms with Crippen LogP contribution in [0.3, 0.4) is 0 Å². The van der Waals surface area contributed by atoms with Crippen molar-refractivity contribution in [3.63, 3.8) is 0 Å². The number of unbranched alkanes of at least 4 members (excludes halogenated alkanes) is 21. The number of carbonyl (C=O) groups excluding carboxylic acids is 7. The Morgan fingerprint density at radius 2 is 0.477 bits per heavy atom. The number of methoxy groups -OCH3 is 3. The third-order valence-electron chi connectivity index (χ3n) is 11.4. The van der Waals surface area contributed by atoms with Crippen LogP contribution in [-0.2, 0) is 66.7 Å². The first-order chi connectivity index (χ1) is 31.4. The Balaban J connectivity index is 5.35. The van der Waals surface area contributed by atoms with E-state index in [-0.39, 0.29) is 70.0 Å². The number of nitrogens with zero attached hydrogens (tertiary/aromatic N) is 1. The van der Waals surface area contributed by atoms with Gasteiger partial charge in [0.15, 0.2) is 0 Å². The predicted molar refractivity (Wildman–Crippen MR) is 249 cm³/mol. The van der Waals surface area contributed by atoms with Crippen molar-refractivity contribution >= 4 is 41.8 Å². The molecule has 0 aromatic carbocycles. The zero-order chi connectivity index (χ0) is 48.2. The Hall–Kier alpha value is -3.75. The Labute approximate surface area is 391 Å². The summed E-state index contributed by atoms with van der Waals surface area (Å²) in [5.74, 6) is -2.29. The zero-order valence-electron chi connectivity index (χ0n) is 41.3. The van der Waals surface area contributed by atoms with Crippen molar-refractivity contribution in [2.45, 2.75) is 205 Å². The van der Waals surface area contributed by atoms with E-state index in [1.807, 2.05) is 19.0 Å². The van der Waals surface area contributed by atoms with Crippen molar-refractivity contribution in [3.05, 3.63) is 0 Å². The van der Waals surface area contributed by atoms with E-state index in [2.05, 4.69) is 14.2 Å². The van der Waals surface area contributed by atoms with E-state index in [1.54, 1.807) is 0 Å². The molecule has 0 saturated carbocycles. The topological polar surface area (TPSA) is 187 Å². The standard InChI is InChI=1S/C50H89NO14/c1-51(2)38-30-37-49(58)65-42-50(39-62-46(55)34-27-21-15-9-6-12-18-24-31-43(52)59-3,40-63-47(56)35-28-22-16-10-7-13-19-25-32-44(53)60-4)41-64-48(57)36-29-23-17-11-8-14-20-26-33-45(54)61-5/h6-42H2,1-5H3. The fraction of sp³-hybridized carbons (Fsp3) is 0.860. The number of esters is 7. The van der Waals surface area contributed by atoms with Crippen LogP contribution < -0.4 is 0 Å². The molecule has 0 saturated heterocycles. The molecule has 0 bridgehead atoms. The van der Waals surface area contributed by atoms with Crippen LogP contribution in [0.2, 0.25) is 0 Å². The summed E-state index contributed by atoms with van der Waals surface area (Å²) in [6.07, 6.45) is 24.9. The zero-order valence-corrected chi connectivity index (χ0v) is 41.3. The summed E-state index contributed by atoms with van der Waals surface area (Å²) in [6.45, 7) is -0.356. The molecule has 0 fully saturated rings. The summed E-state index contributed by atoms with van der Waals surface area (Å²) in [6, 6.07) is 0. The molecule has 0 heterocycles. The normalized spacial score (nSPS) is 11.2. The molecular weight excluding hydrogens is 839 g/mol. The Morgan fingerprint density at radius 3 is 0.677 bits per heavy atom. The summed E-state index contributed by atoms with van der Waals surface area (Å²) in [4.78, 5) is 87.9. The molecule has 0 aliphatic rings. The number of rotatable bonds is 45. The van der Waals surface area contributed by atoms with Gasteiger partial charge < -0.3 is 38.1 Å². The first-order valence-electron chi connectivity index (χ1n) is 24.8. The van der Waals surface area contributed by atoms with Crippen LogP contribution in [0.15, 0.2) is 0 Å². The quantitative estimate of drug-likeness (QED) is 0.0319. The molecule has 0 aliphatic carbocycles. The summed E-state index contributed by atoms with van der Waals surface area (Å²) < 4.78 is 37.1. The molecule has 0 rings (SSSR count). The lowest BCUT2D eigenvalue weighted by Crippen LogP contribution is -2.44. The van der Waals surface area contributed by atoms with Gasteiger partial charge in [-0.25, -0.2) is 0 Å². The van der Waals surface area contributed by atoms with E-state index in [0.717, 1.165) is 135 Å². The average Bonchev–Trinajstić information content (AvgIpc) is 3.29. The third kappa shape index (κ3) is 40.3. The number of ether oxygens (including phenoxy) is 7. The molecule has 0 unspecified atom stereocenters. The van der Waals surface area contributed by atoms with Crippen molar-refractivity contribution in [1.29, 1.82) is 0 Å². The largest absolute Gasteiger partial charge is 0.469 e. The highest BCUT2D eigenvalue weighted by atomic mass is 16.6. The van der Waals surface area contributed by atoms with E-state index in [9.17, 15) is 33.6 Å². The molecule has 0 N–H and O–H groups in total. The maximum absolute atomic E-state index is 13.1. The third-order valence-corrected chi connectivity index (χ3v) is 11.4. The Kier molecular flexibility index (Phi) is 40.4. The maximum atomic E-state index is 13.1. The molecule has 0 atom stereocenters. The van der Waals surface area contributed by atoms with Gasteiger partial charge in [0.1, 0.15) is 31.8 Å². The number of hydrogen-bond donors (Lipinski definition) is 0. The molecule has 0 spiro atoms. The predicted octanol–water partition coefficient (Wildman–Crippen LogP) is 9.71. The molecule has 378 valence electrons. The van der Waals surface area contributed by atoms with Crippen LogP contribution in [0.4, 0.5) is 0 Å². The lowest BCUT2D eigenvalue weighted by molar-refractivity contribution is -0.171. The van der Waals surface area contributed by atoms with Crippen molar-refractivity contribution in [2.24, 2.45) is 5.41 Å². The molecule has 15 heteroatoms. The van der Waals surface area contributed by atoms with Crippen LogP contribution in [0.5, 0.6) is 0 Å². The Morgan fingerprint density at radius 1 is 0.292 bits per heavy atom. The first-order valence-corrected chi connectivity index (χ1v) is 24.8. The van der Waals surface area contributed by atoms with Crippen molar-refractivity contribution < 1.29 is 66.7 Å². The van der Waals surface area contributed by atoms with Crippen molar-refractivity contribution in [1.82, 2.24) is 4.90 Å². The van der Waals surface area contributed by atoms with E-state index >= 15 is 0 Å². The van der Waals surface area contributed by atoms with E-state index in [1.165, 1.54) is 21.3 Å². The van der Waals surface area contributed by atoms with Crippen LogP contribution >= 0.6 is 0 Å². The second kappa shape index (κ2) is 42.9. The highest BCUT2D eigenvalue weighted by Crippen LogP contribution is 2.24. The lowest BCUT2D eigenvalue weighted by atomic mass is 9.92. The van der Waals surface area contributed by atoms with E-state index in [0.29, 0.717) is 51.5 Å². The van der Waals surface area contributed by atoms with Gasteiger partial charge in [-0.1, -0.05) is 116 Å². The second-order valence-electron chi connectivity index (χ2n) is 17.8. The minimum Gasteiger partial charge on any atom is -0.469 e. The van der Waals surface area contributed by atoms with Gasteiger partial charge in [-0.15, -0.1) is 0 Å². The molecule has 0 aromatic heterocycles. The summed E-state index contributed by atoms with van der Waals surface area (Å²) in [7, 11) is 8.03. The molecule has 15 nitrogen and oxygen atoms in total. The van der Waals surface area contributed by atoms with Gasteiger partial charge in [0.25, 0.3) is 0 Å². The van der Waals surface area contributed by atoms with Gasteiger partial charge in [-0.2, -0.15) is 0 Å². The van der Waals surface area contributed by atoms with Crippen molar-refractivity contribution in [2.75, 3.05) is 68.4 Å². The van der Waals surface area contributed by atoms with Crippen LogP contribution in [0, 0.1) is 5.41 Å². The van der Waals surface area contributed by atoms with E-state index in [4.69, 9.17) is 18.9 Å². The highest BCUT2D eigenvalue weighted by molar-refractivity contribution is 5.71. The van der Waals surface area contributed by atoms with Gasteiger partial charge in [0, 0.05) is 44.9 Å². The minimum absolute atomic E-state index is 0.169. The summed E-state index contributed by atoms with van der Waals surface area (Å²) >= 11 is 0. The van der Waals surface area contributed by atoms with Gasteiger partial charge in [0.05, 0.1) is 21.3 Å². The average molecular weight is 928 g/mol. The van der Waals surface area contributed by atoms with Crippen LogP contribution in [-0.4, -0.2) is 115 Å². The smallest absolute Gasteiger partial charge is 0.305 e. The Bertz CT molecular complexity index is 1150. The molecule has 0 aromatic rings. The fourth-order valence-electron chi connectivity index (χ4n) is 7.12. The molecule has 65 heavy (non-hydrogen) atoms. The lowest BCUT2D eigenvalue weighted by Gasteiger charge is -2.31. The molecule has 0 radical (unpaired) electrons. The summed E-state index contributed by atoms with van der Waals surface area (Å²) in [5.41, 5.74) is -1.30. The number of carbonyl (C=O) groups is 7. The van der Waals surface area contributed by atoms with Gasteiger partial charge in [-0.05, 0) is 65.6 Å². The van der Waals surface area contributed by atoms with Gasteiger partial charge in [-0.3, -0.25) is 33.6 Å². The highest BCUT2D eigenvalue weighted by Gasteiger charge is 2.38. The SMILES string of the molecule is COC(=O)CCCCCCCCCCC(=O)OCC(COC(=O)CCCCCCCCCCC(=O)OC)(COC(=O)CCCCCCCCCCC(=O)OC)COC(=O)CCCN(C)C. The second-order valence-corrected chi connectivity index (χ2v) is 17.8. The molecular formula is C50H89NO14. The van der Waals surface area contributed by atoms with Crippen LogP contribution in [0.25, 0.3) is 0 Å². The van der Waals surface area contributed by atoms with Crippen LogP contribution in [0.1, 0.15) is 205 Å². The van der Waals surface area contributed by atoms with Gasteiger partial charge >= 0.3 is 41.8 Å². The molecule has 0 aliphatic heterocycles. The fourth-order valence-corrected chi connectivity index (χ4v) is 7.12. The van der Waals surface area contributed by atoms with Crippen molar-refractivity contribution in [3.8, 4) is 0 Å². The van der Waals surface area contributed by atoms with E-state index < -0.39 is 29.3 Å².